The highest BCUT2D eigenvalue weighted by Crippen LogP contribution is 2.22. The van der Waals surface area contributed by atoms with Crippen LogP contribution in [0.25, 0.3) is 0 Å². The molecule has 1 rings (SSSR count). The van der Waals surface area contributed by atoms with Crippen LogP contribution in [0.3, 0.4) is 0 Å². The number of hydrogen-bond donors (Lipinski definition) is 0. The second-order valence-electron chi connectivity index (χ2n) is 3.09. The number of nitro benzene ring substituents is 1. The van der Waals surface area contributed by atoms with E-state index in [0.29, 0.717) is 5.75 Å². The highest BCUT2D eigenvalue weighted by molar-refractivity contribution is 7.99. The number of thioether (sulfide) groups is 1. The van der Waals surface area contributed by atoms with Crippen molar-refractivity contribution in [1.29, 1.82) is 5.26 Å². The number of nitro groups is 1. The van der Waals surface area contributed by atoms with Gasteiger partial charge in [-0.15, -0.1) is 11.8 Å². The van der Waals surface area contributed by atoms with Crippen molar-refractivity contribution in [3.05, 3.63) is 34.4 Å². The fourth-order valence-corrected chi connectivity index (χ4v) is 1.77. The second kappa shape index (κ2) is 5.37. The summed E-state index contributed by atoms with van der Waals surface area (Å²) in [4.78, 5) is 10.9. The molecule has 0 radical (unpaired) electrons. The summed E-state index contributed by atoms with van der Waals surface area (Å²) in [5.74, 6) is 0.694. The molecule has 0 aliphatic carbocycles. The average Bonchev–Trinajstić information content (AvgIpc) is 2.26. The average molecular weight is 222 g/mol. The van der Waals surface area contributed by atoms with Crippen LogP contribution in [0.4, 0.5) is 5.69 Å². The highest BCUT2D eigenvalue weighted by atomic mass is 32.2. The Bertz CT molecular complexity index is 383. The van der Waals surface area contributed by atoms with Crippen LogP contribution in [-0.2, 0) is 0 Å². The van der Waals surface area contributed by atoms with Gasteiger partial charge in [-0.05, 0) is 19.1 Å². The molecule has 15 heavy (non-hydrogen) atoms. The molecule has 4 nitrogen and oxygen atoms in total. The van der Waals surface area contributed by atoms with E-state index >= 15 is 0 Å². The Morgan fingerprint density at radius 2 is 2.13 bits per heavy atom. The van der Waals surface area contributed by atoms with Crippen molar-refractivity contribution in [2.75, 3.05) is 5.75 Å². The molecule has 1 aromatic rings. The lowest BCUT2D eigenvalue weighted by atomic mass is 10.3. The molecular formula is C10H10N2O2S. The first kappa shape index (κ1) is 11.5. The third-order valence-electron chi connectivity index (χ3n) is 1.77. The highest BCUT2D eigenvalue weighted by Gasteiger charge is 2.05. The fourth-order valence-electron chi connectivity index (χ4n) is 0.923. The van der Waals surface area contributed by atoms with E-state index in [-0.39, 0.29) is 11.6 Å². The number of nitrogens with zero attached hydrogens (tertiary/aromatic N) is 2. The number of benzene rings is 1. The number of nitriles is 1. The minimum atomic E-state index is -0.424. The molecule has 0 spiro atoms. The summed E-state index contributed by atoms with van der Waals surface area (Å²) in [7, 11) is 0. The molecule has 5 heteroatoms. The van der Waals surface area contributed by atoms with Crippen molar-refractivity contribution in [1.82, 2.24) is 0 Å². The SMILES string of the molecule is CC(C#N)CSc1ccc([N+](=O)[O-])cc1. The molecule has 0 fully saturated rings. The third kappa shape index (κ3) is 3.60. The smallest absolute Gasteiger partial charge is 0.258 e. The van der Waals surface area contributed by atoms with Crippen molar-refractivity contribution in [2.45, 2.75) is 11.8 Å². The van der Waals surface area contributed by atoms with Gasteiger partial charge in [-0.3, -0.25) is 10.1 Å². The van der Waals surface area contributed by atoms with E-state index < -0.39 is 4.92 Å². The van der Waals surface area contributed by atoms with Gasteiger partial charge in [0.1, 0.15) is 0 Å². The predicted octanol–water partition coefficient (Wildman–Crippen LogP) is 2.85. The van der Waals surface area contributed by atoms with E-state index in [1.54, 1.807) is 12.1 Å². The van der Waals surface area contributed by atoms with Crippen LogP contribution in [0.5, 0.6) is 0 Å². The molecule has 0 N–H and O–H groups in total. The summed E-state index contributed by atoms with van der Waals surface area (Å²) in [6.07, 6.45) is 0. The summed E-state index contributed by atoms with van der Waals surface area (Å²) in [6.45, 7) is 1.85. The Kier molecular flexibility index (Phi) is 4.13. The molecule has 1 aromatic carbocycles. The zero-order valence-corrected chi connectivity index (χ0v) is 9.03. The summed E-state index contributed by atoms with van der Waals surface area (Å²) in [5, 5.41) is 19.0. The molecular weight excluding hydrogens is 212 g/mol. The predicted molar refractivity (Wildman–Crippen MR) is 58.6 cm³/mol. The Balaban J connectivity index is 2.58. The minimum Gasteiger partial charge on any atom is -0.258 e. The van der Waals surface area contributed by atoms with Crippen molar-refractivity contribution >= 4 is 17.4 Å². The largest absolute Gasteiger partial charge is 0.269 e. The number of non-ortho nitro benzene ring substituents is 1. The van der Waals surface area contributed by atoms with E-state index in [4.69, 9.17) is 5.26 Å². The van der Waals surface area contributed by atoms with Gasteiger partial charge in [0, 0.05) is 22.8 Å². The topological polar surface area (TPSA) is 66.9 Å². The van der Waals surface area contributed by atoms with Crippen molar-refractivity contribution in [3.8, 4) is 6.07 Å². The van der Waals surface area contributed by atoms with Gasteiger partial charge < -0.3 is 0 Å². The normalized spacial score (nSPS) is 11.7. The van der Waals surface area contributed by atoms with Crippen LogP contribution in [-0.4, -0.2) is 10.7 Å². The van der Waals surface area contributed by atoms with E-state index in [1.807, 2.05) is 6.92 Å². The molecule has 78 valence electrons. The molecule has 0 aliphatic rings. The lowest BCUT2D eigenvalue weighted by Gasteiger charge is -2.01. The van der Waals surface area contributed by atoms with Crippen molar-refractivity contribution in [3.63, 3.8) is 0 Å². The van der Waals surface area contributed by atoms with Gasteiger partial charge >= 0.3 is 0 Å². The zero-order valence-electron chi connectivity index (χ0n) is 8.21. The Morgan fingerprint density at radius 1 is 1.53 bits per heavy atom. The minimum absolute atomic E-state index is 0.00908. The molecule has 1 unspecified atom stereocenters. The number of rotatable bonds is 4. The van der Waals surface area contributed by atoms with E-state index in [1.165, 1.54) is 23.9 Å². The lowest BCUT2D eigenvalue weighted by Crippen LogP contribution is -1.93. The van der Waals surface area contributed by atoms with Gasteiger partial charge in [0.2, 0.25) is 0 Å². The van der Waals surface area contributed by atoms with Crippen LogP contribution >= 0.6 is 11.8 Å². The van der Waals surface area contributed by atoms with Gasteiger partial charge in [-0.25, -0.2) is 0 Å². The zero-order chi connectivity index (χ0) is 11.3. The molecule has 0 heterocycles. The van der Waals surface area contributed by atoms with Crippen molar-refractivity contribution < 1.29 is 4.92 Å². The summed E-state index contributed by atoms with van der Waals surface area (Å²) in [5.41, 5.74) is 0.0904. The number of hydrogen-bond acceptors (Lipinski definition) is 4. The van der Waals surface area contributed by atoms with E-state index in [9.17, 15) is 10.1 Å². The lowest BCUT2D eigenvalue weighted by molar-refractivity contribution is -0.384. The van der Waals surface area contributed by atoms with Crippen LogP contribution < -0.4 is 0 Å². The maximum atomic E-state index is 10.4. The maximum absolute atomic E-state index is 10.4. The quantitative estimate of drug-likeness (QED) is 0.446. The standard InChI is InChI=1S/C10H10N2O2S/c1-8(6-11)7-15-10-4-2-9(3-5-10)12(13)14/h2-5,8H,7H2,1H3. The van der Waals surface area contributed by atoms with Crippen LogP contribution in [0.1, 0.15) is 6.92 Å². The maximum Gasteiger partial charge on any atom is 0.269 e. The Hall–Kier alpha value is -1.54. The summed E-state index contributed by atoms with van der Waals surface area (Å²) in [6, 6.07) is 8.48. The molecule has 0 aliphatic heterocycles. The van der Waals surface area contributed by atoms with Crippen LogP contribution in [0.2, 0.25) is 0 Å². The van der Waals surface area contributed by atoms with Gasteiger partial charge in [0.05, 0.1) is 16.9 Å². The second-order valence-corrected chi connectivity index (χ2v) is 4.19. The molecule has 1 atom stereocenters. The first-order valence-corrected chi connectivity index (χ1v) is 5.39. The van der Waals surface area contributed by atoms with Gasteiger partial charge in [0.25, 0.3) is 5.69 Å². The molecule has 0 saturated carbocycles. The van der Waals surface area contributed by atoms with E-state index in [0.717, 1.165) is 4.90 Å². The van der Waals surface area contributed by atoms with Crippen LogP contribution in [0, 0.1) is 27.4 Å². The van der Waals surface area contributed by atoms with Crippen LogP contribution in [0.15, 0.2) is 29.2 Å². The molecule has 0 bridgehead atoms. The molecule has 0 aromatic heterocycles. The summed E-state index contributed by atoms with van der Waals surface area (Å²) < 4.78 is 0. The summed E-state index contributed by atoms with van der Waals surface area (Å²) >= 11 is 1.53. The van der Waals surface area contributed by atoms with Gasteiger partial charge in [0.15, 0.2) is 0 Å². The molecule has 0 amide bonds. The first-order chi connectivity index (χ1) is 7.13. The van der Waals surface area contributed by atoms with E-state index in [2.05, 4.69) is 6.07 Å². The van der Waals surface area contributed by atoms with Gasteiger partial charge in [-0.2, -0.15) is 5.26 Å². The third-order valence-corrected chi connectivity index (χ3v) is 3.04. The van der Waals surface area contributed by atoms with Crippen molar-refractivity contribution in [2.24, 2.45) is 5.92 Å². The Labute approximate surface area is 92.1 Å². The van der Waals surface area contributed by atoms with Gasteiger partial charge in [-0.1, -0.05) is 0 Å². The fraction of sp³-hybridized carbons (Fsp3) is 0.300. The monoisotopic (exact) mass is 222 g/mol. The first-order valence-electron chi connectivity index (χ1n) is 4.40. The Morgan fingerprint density at radius 3 is 2.60 bits per heavy atom. The molecule has 0 saturated heterocycles.